The van der Waals surface area contributed by atoms with Gasteiger partial charge in [-0.1, -0.05) is 30.3 Å². The number of methoxy groups -OCH3 is 2. The maximum Gasteiger partial charge on any atom is 0.236 e. The number of carbonyl (C=O) groups excluding carboxylic acids is 1. The Morgan fingerprint density at radius 1 is 0.944 bits per heavy atom. The topological polar surface area (TPSA) is 94.6 Å². The van der Waals surface area contributed by atoms with E-state index in [2.05, 4.69) is 20.6 Å². The van der Waals surface area contributed by atoms with Crippen LogP contribution in [0.2, 0.25) is 0 Å². The van der Waals surface area contributed by atoms with Crippen LogP contribution in [0, 0.1) is 0 Å². The summed E-state index contributed by atoms with van der Waals surface area (Å²) in [6.07, 6.45) is 3.06. The SMILES string of the molecule is COc1cc2ncnc(Oc3ccc(NC(=S)NC(=O)C4(c5ccccc5)CC4)cc3)c2cc1OC. The molecule has 36 heavy (non-hydrogen) atoms. The fraction of sp³-hybridized carbons (Fsp3) is 0.185. The molecule has 0 saturated heterocycles. The van der Waals surface area contributed by atoms with Gasteiger partial charge in [-0.05, 0) is 61.0 Å². The van der Waals surface area contributed by atoms with E-state index in [-0.39, 0.29) is 11.0 Å². The van der Waals surface area contributed by atoms with Crippen molar-refractivity contribution >= 4 is 39.8 Å². The number of thiocarbonyl (C=S) groups is 1. The van der Waals surface area contributed by atoms with Gasteiger partial charge in [-0.15, -0.1) is 0 Å². The fourth-order valence-corrected chi connectivity index (χ4v) is 4.28. The Morgan fingerprint density at radius 2 is 1.64 bits per heavy atom. The first-order valence-electron chi connectivity index (χ1n) is 11.3. The molecule has 2 N–H and O–H groups in total. The van der Waals surface area contributed by atoms with Gasteiger partial charge < -0.3 is 24.8 Å². The van der Waals surface area contributed by atoms with Gasteiger partial charge in [0.05, 0.1) is 30.5 Å². The largest absolute Gasteiger partial charge is 0.493 e. The lowest BCUT2D eigenvalue weighted by atomic mass is 9.95. The van der Waals surface area contributed by atoms with Crippen molar-refractivity contribution in [3.63, 3.8) is 0 Å². The predicted octanol–water partition coefficient (Wildman–Crippen LogP) is 4.98. The highest BCUT2D eigenvalue weighted by Crippen LogP contribution is 2.48. The third-order valence-corrected chi connectivity index (χ3v) is 6.37. The Bertz CT molecular complexity index is 1420. The zero-order chi connectivity index (χ0) is 25.1. The molecule has 1 amide bonds. The summed E-state index contributed by atoms with van der Waals surface area (Å²) in [6, 6.07) is 20.5. The van der Waals surface area contributed by atoms with Crippen LogP contribution in [0.5, 0.6) is 23.1 Å². The van der Waals surface area contributed by atoms with E-state index >= 15 is 0 Å². The van der Waals surface area contributed by atoms with Gasteiger partial charge in [-0.3, -0.25) is 4.79 Å². The fourth-order valence-electron chi connectivity index (χ4n) is 4.07. The van der Waals surface area contributed by atoms with Crippen LogP contribution in [0.1, 0.15) is 18.4 Å². The van der Waals surface area contributed by atoms with Crippen LogP contribution in [-0.2, 0) is 10.2 Å². The maximum absolute atomic E-state index is 12.9. The number of hydrogen-bond acceptors (Lipinski definition) is 7. The summed E-state index contributed by atoms with van der Waals surface area (Å²) in [5.74, 6) is 2.00. The van der Waals surface area contributed by atoms with Crippen molar-refractivity contribution in [2.75, 3.05) is 19.5 Å². The van der Waals surface area contributed by atoms with E-state index in [1.165, 1.54) is 6.33 Å². The molecule has 1 aliphatic carbocycles. The van der Waals surface area contributed by atoms with E-state index in [0.717, 1.165) is 24.1 Å². The summed E-state index contributed by atoms with van der Waals surface area (Å²) in [6.45, 7) is 0. The minimum absolute atomic E-state index is 0.0890. The molecule has 1 heterocycles. The molecule has 0 spiro atoms. The third kappa shape index (κ3) is 4.65. The van der Waals surface area contributed by atoms with Crippen LogP contribution in [0.25, 0.3) is 10.9 Å². The molecule has 5 rings (SSSR count). The van der Waals surface area contributed by atoms with E-state index in [0.29, 0.717) is 34.0 Å². The molecule has 8 nitrogen and oxygen atoms in total. The van der Waals surface area contributed by atoms with E-state index in [4.69, 9.17) is 26.4 Å². The number of benzene rings is 3. The highest BCUT2D eigenvalue weighted by atomic mass is 32.1. The molecule has 1 saturated carbocycles. The van der Waals surface area contributed by atoms with Gasteiger partial charge in [0, 0.05) is 11.8 Å². The quantitative estimate of drug-likeness (QED) is 0.343. The normalized spacial score (nSPS) is 13.5. The zero-order valence-corrected chi connectivity index (χ0v) is 20.6. The standard InChI is InChI=1S/C27H24N4O4S/c1-33-22-14-20-21(15-23(22)34-2)28-16-29-24(20)35-19-10-8-18(9-11-19)30-26(36)31-25(32)27(12-13-27)17-6-4-3-5-7-17/h3-11,14-16H,12-13H2,1-2H3,(H2,30,31,32,36). The number of fused-ring (bicyclic) bond motifs is 1. The summed E-state index contributed by atoms with van der Waals surface area (Å²) >= 11 is 5.38. The van der Waals surface area contributed by atoms with Gasteiger partial charge in [0.15, 0.2) is 16.6 Å². The second-order valence-corrected chi connectivity index (χ2v) is 8.79. The van der Waals surface area contributed by atoms with Gasteiger partial charge in [0.1, 0.15) is 12.1 Å². The van der Waals surface area contributed by atoms with Crippen molar-refractivity contribution in [3.05, 3.63) is 78.6 Å². The number of amides is 1. The number of rotatable bonds is 7. The Morgan fingerprint density at radius 3 is 2.31 bits per heavy atom. The Kier molecular flexibility index (Phi) is 6.39. The van der Waals surface area contributed by atoms with E-state index in [9.17, 15) is 4.79 Å². The maximum atomic E-state index is 12.9. The van der Waals surface area contributed by atoms with E-state index < -0.39 is 5.41 Å². The van der Waals surface area contributed by atoms with Crippen LogP contribution < -0.4 is 24.8 Å². The number of nitrogens with one attached hydrogen (secondary N) is 2. The van der Waals surface area contributed by atoms with Crippen molar-refractivity contribution < 1.29 is 19.0 Å². The van der Waals surface area contributed by atoms with Gasteiger partial charge in [-0.2, -0.15) is 0 Å². The molecule has 4 aromatic rings. The highest BCUT2D eigenvalue weighted by molar-refractivity contribution is 7.80. The van der Waals surface area contributed by atoms with E-state index in [1.807, 2.05) is 42.5 Å². The van der Waals surface area contributed by atoms with Gasteiger partial charge in [0.25, 0.3) is 0 Å². The second kappa shape index (κ2) is 9.79. The molecule has 1 aliphatic rings. The van der Waals surface area contributed by atoms with Gasteiger partial charge in [-0.25, -0.2) is 9.97 Å². The molecular formula is C27H24N4O4S. The first-order valence-corrected chi connectivity index (χ1v) is 11.8. The summed E-state index contributed by atoms with van der Waals surface area (Å²) in [7, 11) is 3.14. The average Bonchev–Trinajstić information content (AvgIpc) is 3.72. The Balaban J connectivity index is 1.25. The Labute approximate surface area is 213 Å². The van der Waals surface area contributed by atoms with E-state index in [1.54, 1.807) is 38.5 Å². The van der Waals surface area contributed by atoms with Crippen molar-refractivity contribution in [1.29, 1.82) is 0 Å². The zero-order valence-electron chi connectivity index (χ0n) is 19.8. The second-order valence-electron chi connectivity index (χ2n) is 8.39. The number of hydrogen-bond donors (Lipinski definition) is 2. The lowest BCUT2D eigenvalue weighted by Gasteiger charge is -2.17. The van der Waals surface area contributed by atoms with Crippen molar-refractivity contribution in [2.45, 2.75) is 18.3 Å². The molecule has 0 bridgehead atoms. The monoisotopic (exact) mass is 500 g/mol. The minimum Gasteiger partial charge on any atom is -0.493 e. The molecule has 0 atom stereocenters. The minimum atomic E-state index is -0.488. The molecule has 9 heteroatoms. The molecule has 0 aliphatic heterocycles. The molecule has 1 aromatic heterocycles. The van der Waals surface area contributed by atoms with Crippen LogP contribution in [-0.4, -0.2) is 35.2 Å². The number of ether oxygens (including phenoxy) is 3. The first kappa shape index (κ1) is 23.5. The molecule has 3 aromatic carbocycles. The summed E-state index contributed by atoms with van der Waals surface area (Å²) < 4.78 is 16.8. The van der Waals surface area contributed by atoms with Crippen LogP contribution in [0.4, 0.5) is 5.69 Å². The molecule has 0 unspecified atom stereocenters. The smallest absolute Gasteiger partial charge is 0.236 e. The van der Waals surface area contributed by atoms with Crippen LogP contribution in [0.15, 0.2) is 73.1 Å². The third-order valence-electron chi connectivity index (χ3n) is 6.17. The number of aromatic nitrogens is 2. The lowest BCUT2D eigenvalue weighted by Crippen LogP contribution is -2.41. The van der Waals surface area contributed by atoms with Gasteiger partial charge in [0.2, 0.25) is 11.8 Å². The molecule has 182 valence electrons. The lowest BCUT2D eigenvalue weighted by molar-refractivity contribution is -0.122. The number of nitrogens with zero attached hydrogens (tertiary/aromatic N) is 2. The van der Waals surface area contributed by atoms with Crippen molar-refractivity contribution in [1.82, 2.24) is 15.3 Å². The molecular weight excluding hydrogens is 476 g/mol. The number of anilines is 1. The molecule has 1 fully saturated rings. The van der Waals surface area contributed by atoms with Crippen molar-refractivity contribution in [2.24, 2.45) is 0 Å². The first-order chi connectivity index (χ1) is 17.5. The highest BCUT2D eigenvalue weighted by Gasteiger charge is 2.51. The summed E-state index contributed by atoms with van der Waals surface area (Å²) in [4.78, 5) is 21.5. The Hall–Kier alpha value is -4.24. The van der Waals surface area contributed by atoms with Crippen LogP contribution >= 0.6 is 12.2 Å². The summed E-state index contributed by atoms with van der Waals surface area (Å²) in [5, 5.41) is 6.83. The number of carbonyl (C=O) groups is 1. The predicted molar refractivity (Wildman–Crippen MR) is 141 cm³/mol. The van der Waals surface area contributed by atoms with Crippen molar-refractivity contribution in [3.8, 4) is 23.1 Å². The van der Waals surface area contributed by atoms with Crippen LogP contribution in [0.3, 0.4) is 0 Å². The average molecular weight is 501 g/mol. The molecule has 0 radical (unpaired) electrons. The summed E-state index contributed by atoms with van der Waals surface area (Å²) in [5.41, 5.74) is 1.91. The van der Waals surface area contributed by atoms with Gasteiger partial charge >= 0.3 is 0 Å².